The number of benzene rings is 1. The van der Waals surface area contributed by atoms with Crippen LogP contribution in [-0.4, -0.2) is 67.0 Å². The molecule has 1 aromatic carbocycles. The van der Waals surface area contributed by atoms with Crippen LogP contribution in [0.25, 0.3) is 0 Å². The van der Waals surface area contributed by atoms with Crippen molar-refractivity contribution in [3.8, 4) is 11.5 Å². The molecule has 27 heavy (non-hydrogen) atoms. The third-order valence-electron chi connectivity index (χ3n) is 4.55. The number of carbonyl (C=O) groups excluding carboxylic acids is 2. The number of carbonyl (C=O) groups is 2. The highest BCUT2D eigenvalue weighted by atomic mass is 32.1. The summed E-state index contributed by atoms with van der Waals surface area (Å²) in [5, 5.41) is 0.886. The standard InChI is InChI=1S/C19H23N3O4S/c1-12-17(27-13(2)20-12)19(24)22-7-5-21(6-8-22)18(23)14-9-15(25-3)11-16(10-14)26-4/h9-11H,5-8H2,1-4H3. The first-order chi connectivity index (χ1) is 12.9. The Morgan fingerprint density at radius 1 is 0.926 bits per heavy atom. The molecule has 1 aliphatic rings. The SMILES string of the molecule is COc1cc(OC)cc(C(=O)N2CCN(C(=O)c3sc(C)nc3C)CC2)c1. The van der Waals surface area contributed by atoms with Crippen LogP contribution in [0.3, 0.4) is 0 Å². The summed E-state index contributed by atoms with van der Waals surface area (Å²) in [4.78, 5) is 34.1. The quantitative estimate of drug-likeness (QED) is 0.803. The number of nitrogens with zero attached hydrogens (tertiary/aromatic N) is 3. The van der Waals surface area contributed by atoms with Gasteiger partial charge in [-0.1, -0.05) is 0 Å². The predicted octanol–water partition coefficient (Wildman–Crippen LogP) is 2.38. The number of thiazole rings is 1. The molecule has 0 aliphatic carbocycles. The fourth-order valence-electron chi connectivity index (χ4n) is 3.10. The summed E-state index contributed by atoms with van der Waals surface area (Å²) in [7, 11) is 3.10. The molecule has 0 unspecified atom stereocenters. The van der Waals surface area contributed by atoms with Crippen molar-refractivity contribution in [1.82, 2.24) is 14.8 Å². The van der Waals surface area contributed by atoms with Gasteiger partial charge in [0.2, 0.25) is 0 Å². The van der Waals surface area contributed by atoms with E-state index in [4.69, 9.17) is 9.47 Å². The zero-order valence-corrected chi connectivity index (χ0v) is 16.8. The summed E-state index contributed by atoms with van der Waals surface area (Å²) < 4.78 is 10.5. The second-order valence-corrected chi connectivity index (χ2v) is 7.54. The normalized spacial score (nSPS) is 14.2. The molecule has 1 aromatic heterocycles. The number of aryl methyl sites for hydroxylation is 2. The topological polar surface area (TPSA) is 72.0 Å². The van der Waals surface area contributed by atoms with Gasteiger partial charge >= 0.3 is 0 Å². The van der Waals surface area contributed by atoms with Crippen LogP contribution in [0.4, 0.5) is 0 Å². The Hall–Kier alpha value is -2.61. The van der Waals surface area contributed by atoms with Crippen LogP contribution in [0.5, 0.6) is 11.5 Å². The first kappa shape index (κ1) is 19.2. The molecule has 0 atom stereocenters. The number of piperazine rings is 1. The van der Waals surface area contributed by atoms with Gasteiger partial charge in [0.15, 0.2) is 0 Å². The van der Waals surface area contributed by atoms with Gasteiger partial charge in [0.05, 0.1) is 24.9 Å². The van der Waals surface area contributed by atoms with E-state index in [-0.39, 0.29) is 11.8 Å². The van der Waals surface area contributed by atoms with Crippen LogP contribution in [0, 0.1) is 13.8 Å². The Morgan fingerprint density at radius 2 is 1.44 bits per heavy atom. The van der Waals surface area contributed by atoms with E-state index in [1.54, 1.807) is 42.2 Å². The van der Waals surface area contributed by atoms with Crippen LogP contribution >= 0.6 is 11.3 Å². The van der Waals surface area contributed by atoms with Crippen LogP contribution in [-0.2, 0) is 0 Å². The summed E-state index contributed by atoms with van der Waals surface area (Å²) in [6.07, 6.45) is 0. The lowest BCUT2D eigenvalue weighted by Crippen LogP contribution is -2.50. The maximum atomic E-state index is 12.8. The van der Waals surface area contributed by atoms with E-state index in [1.807, 2.05) is 13.8 Å². The lowest BCUT2D eigenvalue weighted by Gasteiger charge is -2.34. The molecule has 1 aliphatic heterocycles. The van der Waals surface area contributed by atoms with Crippen molar-refractivity contribution in [3.05, 3.63) is 39.3 Å². The van der Waals surface area contributed by atoms with Crippen LogP contribution < -0.4 is 9.47 Å². The molecule has 1 saturated heterocycles. The predicted molar refractivity (Wildman–Crippen MR) is 103 cm³/mol. The second-order valence-electron chi connectivity index (χ2n) is 6.33. The molecular formula is C19H23N3O4S. The maximum absolute atomic E-state index is 12.8. The third-order valence-corrected chi connectivity index (χ3v) is 5.61. The molecule has 7 nitrogen and oxygen atoms in total. The molecule has 8 heteroatoms. The van der Waals surface area contributed by atoms with Crippen molar-refractivity contribution in [1.29, 1.82) is 0 Å². The molecule has 0 N–H and O–H groups in total. The molecule has 0 saturated carbocycles. The molecule has 2 aromatic rings. The van der Waals surface area contributed by atoms with Gasteiger partial charge in [-0.25, -0.2) is 4.98 Å². The minimum Gasteiger partial charge on any atom is -0.497 e. The number of rotatable bonds is 4. The van der Waals surface area contributed by atoms with Crippen molar-refractivity contribution in [2.45, 2.75) is 13.8 Å². The molecule has 1 fully saturated rings. The monoisotopic (exact) mass is 389 g/mol. The third kappa shape index (κ3) is 4.05. The molecule has 2 heterocycles. The van der Waals surface area contributed by atoms with Crippen LogP contribution in [0.1, 0.15) is 30.7 Å². The smallest absolute Gasteiger partial charge is 0.265 e. The molecule has 0 radical (unpaired) electrons. The molecule has 3 rings (SSSR count). The minimum atomic E-state index is -0.0934. The zero-order chi connectivity index (χ0) is 19.6. The average Bonchev–Trinajstić information content (AvgIpc) is 3.04. The first-order valence-electron chi connectivity index (χ1n) is 8.68. The lowest BCUT2D eigenvalue weighted by atomic mass is 10.1. The van der Waals surface area contributed by atoms with Crippen LogP contribution in [0.2, 0.25) is 0 Å². The largest absolute Gasteiger partial charge is 0.497 e. The summed E-state index contributed by atoms with van der Waals surface area (Å²) in [5.41, 5.74) is 1.28. The number of ether oxygens (including phenoxy) is 2. The van der Waals surface area contributed by atoms with E-state index in [2.05, 4.69) is 4.98 Å². The highest BCUT2D eigenvalue weighted by Crippen LogP contribution is 2.24. The molecular weight excluding hydrogens is 366 g/mol. The van der Waals surface area contributed by atoms with E-state index in [0.717, 1.165) is 10.7 Å². The Balaban J connectivity index is 1.67. The Kier molecular flexibility index (Phi) is 5.65. The Bertz CT molecular complexity index is 834. The number of aromatic nitrogens is 1. The molecule has 144 valence electrons. The van der Waals surface area contributed by atoms with Gasteiger partial charge in [0.1, 0.15) is 16.4 Å². The van der Waals surface area contributed by atoms with Gasteiger partial charge in [0.25, 0.3) is 11.8 Å². The highest BCUT2D eigenvalue weighted by Gasteiger charge is 2.27. The van der Waals surface area contributed by atoms with Gasteiger partial charge in [-0.3, -0.25) is 9.59 Å². The van der Waals surface area contributed by atoms with Crippen molar-refractivity contribution in [2.24, 2.45) is 0 Å². The van der Waals surface area contributed by atoms with Gasteiger partial charge in [-0.05, 0) is 26.0 Å². The van der Waals surface area contributed by atoms with Gasteiger partial charge < -0.3 is 19.3 Å². The van der Waals surface area contributed by atoms with Crippen molar-refractivity contribution < 1.29 is 19.1 Å². The van der Waals surface area contributed by atoms with Crippen molar-refractivity contribution >= 4 is 23.2 Å². The summed E-state index contributed by atoms with van der Waals surface area (Å²) in [6.45, 7) is 5.73. The summed E-state index contributed by atoms with van der Waals surface area (Å²) in [5.74, 6) is 1.04. The van der Waals surface area contributed by atoms with Crippen molar-refractivity contribution in [2.75, 3.05) is 40.4 Å². The Labute approximate surface area is 162 Å². The van der Waals surface area contributed by atoms with Crippen molar-refractivity contribution in [3.63, 3.8) is 0 Å². The zero-order valence-electron chi connectivity index (χ0n) is 15.9. The van der Waals surface area contributed by atoms with E-state index >= 15 is 0 Å². The fourth-order valence-corrected chi connectivity index (χ4v) is 3.99. The first-order valence-corrected chi connectivity index (χ1v) is 9.50. The number of hydrogen-bond acceptors (Lipinski definition) is 6. The maximum Gasteiger partial charge on any atom is 0.265 e. The highest BCUT2D eigenvalue weighted by molar-refractivity contribution is 7.13. The summed E-state index contributed by atoms with van der Waals surface area (Å²) >= 11 is 1.42. The Morgan fingerprint density at radius 3 is 1.89 bits per heavy atom. The lowest BCUT2D eigenvalue weighted by molar-refractivity contribution is 0.0537. The number of methoxy groups -OCH3 is 2. The molecule has 0 bridgehead atoms. The van der Waals surface area contributed by atoms with Gasteiger partial charge in [-0.2, -0.15) is 0 Å². The van der Waals surface area contributed by atoms with Gasteiger partial charge in [-0.15, -0.1) is 11.3 Å². The fraction of sp³-hybridized carbons (Fsp3) is 0.421. The summed E-state index contributed by atoms with van der Waals surface area (Å²) in [6, 6.07) is 5.13. The average molecular weight is 389 g/mol. The number of hydrogen-bond donors (Lipinski definition) is 0. The number of amides is 2. The minimum absolute atomic E-state index is 0.00625. The van der Waals surface area contributed by atoms with E-state index in [0.29, 0.717) is 48.1 Å². The molecule has 0 spiro atoms. The van der Waals surface area contributed by atoms with Crippen LogP contribution in [0.15, 0.2) is 18.2 Å². The van der Waals surface area contributed by atoms with E-state index in [9.17, 15) is 9.59 Å². The van der Waals surface area contributed by atoms with E-state index < -0.39 is 0 Å². The van der Waals surface area contributed by atoms with Gasteiger partial charge in [0, 0.05) is 37.8 Å². The molecule has 2 amide bonds. The second kappa shape index (κ2) is 7.96. The van der Waals surface area contributed by atoms with E-state index in [1.165, 1.54) is 11.3 Å².